The Morgan fingerprint density at radius 2 is 1.88 bits per heavy atom. The van der Waals surface area contributed by atoms with Crippen LogP contribution in [0, 0.1) is 0 Å². The summed E-state index contributed by atoms with van der Waals surface area (Å²) < 4.78 is 6.16. The van der Waals surface area contributed by atoms with E-state index in [1.807, 2.05) is 19.1 Å². The van der Waals surface area contributed by atoms with Crippen molar-refractivity contribution in [2.75, 3.05) is 5.32 Å². The number of carbonyl (C=O) groups excluding carboxylic acids is 1. The van der Waals surface area contributed by atoms with Crippen LogP contribution < -0.4 is 11.1 Å². The summed E-state index contributed by atoms with van der Waals surface area (Å²) in [6.45, 7) is 1.76. The molecule has 2 N–H and O–H groups in total. The fourth-order valence-corrected chi connectivity index (χ4v) is 2.51. The van der Waals surface area contributed by atoms with E-state index in [1.54, 1.807) is 12.1 Å². The van der Waals surface area contributed by atoms with Crippen LogP contribution in [-0.4, -0.2) is 21.6 Å². The van der Waals surface area contributed by atoms with Crippen LogP contribution in [0.15, 0.2) is 51.7 Å². The summed E-state index contributed by atoms with van der Waals surface area (Å²) >= 11 is 0. The van der Waals surface area contributed by atoms with Gasteiger partial charge in [-0.1, -0.05) is 19.1 Å². The Bertz CT molecular complexity index is 998. The van der Waals surface area contributed by atoms with E-state index in [2.05, 4.69) is 5.32 Å². The number of amides is 1. The highest BCUT2D eigenvalue weighted by Gasteiger charge is 2.15. The standard InChI is InChI=1S/C18H16N2O5/c1-2-11-3-6-13(7-4-11)19-16(21)10-20-14-9-12(17(22)23)5-8-15(14)25-18(20)24/h3-9H,2,10H2,1H3,(H,19,21)(H,22,23). The fraction of sp³-hybridized carbons (Fsp3) is 0.167. The summed E-state index contributed by atoms with van der Waals surface area (Å²) in [6.07, 6.45) is 0.899. The number of nitrogens with one attached hydrogen (secondary N) is 1. The van der Waals surface area contributed by atoms with E-state index in [-0.39, 0.29) is 23.2 Å². The molecule has 25 heavy (non-hydrogen) atoms. The molecule has 2 aromatic carbocycles. The van der Waals surface area contributed by atoms with Gasteiger partial charge >= 0.3 is 11.7 Å². The van der Waals surface area contributed by atoms with Crippen LogP contribution in [0.5, 0.6) is 0 Å². The SMILES string of the molecule is CCc1ccc(NC(=O)Cn2c(=O)oc3ccc(C(=O)O)cc32)cc1. The number of carboxylic acids is 1. The summed E-state index contributed by atoms with van der Waals surface area (Å²) in [4.78, 5) is 35.3. The molecule has 7 heteroatoms. The van der Waals surface area contributed by atoms with Crippen LogP contribution in [0.2, 0.25) is 0 Å². The van der Waals surface area contributed by atoms with E-state index in [1.165, 1.54) is 18.2 Å². The van der Waals surface area contributed by atoms with Crippen molar-refractivity contribution in [1.29, 1.82) is 0 Å². The number of carbonyl (C=O) groups is 2. The topological polar surface area (TPSA) is 102 Å². The van der Waals surface area contributed by atoms with Crippen molar-refractivity contribution in [1.82, 2.24) is 4.57 Å². The first-order valence-electron chi connectivity index (χ1n) is 7.73. The average molecular weight is 340 g/mol. The maximum Gasteiger partial charge on any atom is 0.420 e. The number of aromatic carboxylic acids is 1. The van der Waals surface area contributed by atoms with Crippen LogP contribution in [-0.2, 0) is 17.8 Å². The molecule has 1 aromatic heterocycles. The van der Waals surface area contributed by atoms with Gasteiger partial charge in [-0.15, -0.1) is 0 Å². The number of anilines is 1. The van der Waals surface area contributed by atoms with E-state index in [0.29, 0.717) is 5.69 Å². The zero-order valence-corrected chi connectivity index (χ0v) is 13.5. The average Bonchev–Trinajstić information content (AvgIpc) is 2.90. The minimum absolute atomic E-state index is 0.0117. The molecule has 128 valence electrons. The molecule has 0 aliphatic heterocycles. The van der Waals surface area contributed by atoms with Crippen LogP contribution in [0.3, 0.4) is 0 Å². The molecule has 0 spiro atoms. The zero-order chi connectivity index (χ0) is 18.0. The number of fused-ring (bicyclic) bond motifs is 1. The summed E-state index contributed by atoms with van der Waals surface area (Å²) in [7, 11) is 0. The Kier molecular flexibility index (Phi) is 4.38. The molecular formula is C18H16N2O5. The molecular weight excluding hydrogens is 324 g/mol. The maximum absolute atomic E-state index is 12.2. The molecule has 0 atom stereocenters. The summed E-state index contributed by atoms with van der Waals surface area (Å²) in [5.41, 5.74) is 2.28. The van der Waals surface area contributed by atoms with Crippen molar-refractivity contribution in [3.05, 3.63) is 64.1 Å². The van der Waals surface area contributed by atoms with Crippen LogP contribution in [0.25, 0.3) is 11.1 Å². The Morgan fingerprint density at radius 1 is 1.16 bits per heavy atom. The van der Waals surface area contributed by atoms with Gasteiger partial charge in [0, 0.05) is 5.69 Å². The molecule has 3 aromatic rings. The number of rotatable bonds is 5. The highest BCUT2D eigenvalue weighted by atomic mass is 16.4. The van der Waals surface area contributed by atoms with Crippen LogP contribution in [0.4, 0.5) is 5.69 Å². The van der Waals surface area contributed by atoms with E-state index in [0.717, 1.165) is 16.6 Å². The first-order valence-corrected chi connectivity index (χ1v) is 7.73. The van der Waals surface area contributed by atoms with E-state index >= 15 is 0 Å². The molecule has 0 radical (unpaired) electrons. The second-order valence-corrected chi connectivity index (χ2v) is 5.54. The third-order valence-electron chi connectivity index (χ3n) is 3.86. The van der Waals surface area contributed by atoms with Crippen LogP contribution in [0.1, 0.15) is 22.8 Å². The minimum Gasteiger partial charge on any atom is -0.478 e. The van der Waals surface area contributed by atoms with Gasteiger partial charge in [0.2, 0.25) is 5.91 Å². The van der Waals surface area contributed by atoms with Gasteiger partial charge in [0.05, 0.1) is 11.1 Å². The van der Waals surface area contributed by atoms with E-state index in [4.69, 9.17) is 9.52 Å². The molecule has 7 nitrogen and oxygen atoms in total. The largest absolute Gasteiger partial charge is 0.478 e. The van der Waals surface area contributed by atoms with Gasteiger partial charge in [-0.05, 0) is 42.3 Å². The predicted octanol–water partition coefficient (Wildman–Crippen LogP) is 2.49. The number of hydrogen-bond acceptors (Lipinski definition) is 4. The lowest BCUT2D eigenvalue weighted by atomic mass is 10.1. The quantitative estimate of drug-likeness (QED) is 0.743. The smallest absolute Gasteiger partial charge is 0.420 e. The number of oxazole rings is 1. The molecule has 1 heterocycles. The minimum atomic E-state index is -1.12. The Hall–Kier alpha value is -3.35. The summed E-state index contributed by atoms with van der Waals surface area (Å²) in [5.74, 6) is -2.24. The van der Waals surface area contributed by atoms with Crippen molar-refractivity contribution in [3.63, 3.8) is 0 Å². The first kappa shape index (κ1) is 16.5. The van der Waals surface area contributed by atoms with Crippen LogP contribution >= 0.6 is 0 Å². The zero-order valence-electron chi connectivity index (χ0n) is 13.5. The molecule has 0 fully saturated rings. The Morgan fingerprint density at radius 3 is 2.52 bits per heavy atom. The molecule has 0 saturated heterocycles. The number of hydrogen-bond donors (Lipinski definition) is 2. The lowest BCUT2D eigenvalue weighted by Crippen LogP contribution is -2.24. The van der Waals surface area contributed by atoms with Gasteiger partial charge in [0.15, 0.2) is 5.58 Å². The lowest BCUT2D eigenvalue weighted by Gasteiger charge is -2.06. The van der Waals surface area contributed by atoms with Crippen molar-refractivity contribution < 1.29 is 19.1 Å². The van der Waals surface area contributed by atoms with E-state index < -0.39 is 17.6 Å². The lowest BCUT2D eigenvalue weighted by molar-refractivity contribution is -0.116. The molecule has 1 amide bonds. The highest BCUT2D eigenvalue weighted by Crippen LogP contribution is 2.16. The fourth-order valence-electron chi connectivity index (χ4n) is 2.51. The first-order chi connectivity index (χ1) is 12.0. The molecule has 0 aliphatic carbocycles. The van der Waals surface area contributed by atoms with Crippen molar-refractivity contribution in [2.45, 2.75) is 19.9 Å². The van der Waals surface area contributed by atoms with Gasteiger partial charge in [0.1, 0.15) is 6.54 Å². The molecule has 0 bridgehead atoms. The van der Waals surface area contributed by atoms with Crippen molar-refractivity contribution in [2.24, 2.45) is 0 Å². The number of carboxylic acid groups (broad SMARTS) is 1. The van der Waals surface area contributed by atoms with Gasteiger partial charge in [-0.3, -0.25) is 9.36 Å². The third kappa shape index (κ3) is 3.45. The number of aryl methyl sites for hydroxylation is 1. The number of benzene rings is 2. The Balaban J connectivity index is 1.84. The summed E-state index contributed by atoms with van der Waals surface area (Å²) in [5, 5.41) is 11.8. The predicted molar refractivity (Wildman–Crippen MR) is 91.9 cm³/mol. The Labute approximate surface area is 142 Å². The monoisotopic (exact) mass is 340 g/mol. The molecule has 0 saturated carbocycles. The molecule has 0 unspecified atom stereocenters. The number of nitrogens with zero attached hydrogens (tertiary/aromatic N) is 1. The third-order valence-corrected chi connectivity index (χ3v) is 3.86. The molecule has 3 rings (SSSR count). The maximum atomic E-state index is 12.2. The van der Waals surface area contributed by atoms with Gasteiger partial charge < -0.3 is 14.8 Å². The molecule has 0 aliphatic rings. The normalized spacial score (nSPS) is 10.8. The second-order valence-electron chi connectivity index (χ2n) is 5.54. The van der Waals surface area contributed by atoms with Gasteiger partial charge in [0.25, 0.3) is 0 Å². The van der Waals surface area contributed by atoms with Gasteiger partial charge in [-0.25, -0.2) is 9.59 Å². The summed E-state index contributed by atoms with van der Waals surface area (Å²) in [6, 6.07) is 11.4. The highest BCUT2D eigenvalue weighted by molar-refractivity contribution is 5.93. The second kappa shape index (κ2) is 6.64. The van der Waals surface area contributed by atoms with Crippen molar-refractivity contribution in [3.8, 4) is 0 Å². The van der Waals surface area contributed by atoms with Gasteiger partial charge in [-0.2, -0.15) is 0 Å². The van der Waals surface area contributed by atoms with E-state index in [9.17, 15) is 14.4 Å². The van der Waals surface area contributed by atoms with Crippen molar-refractivity contribution >= 4 is 28.7 Å². The number of aromatic nitrogens is 1.